The van der Waals surface area contributed by atoms with Gasteiger partial charge in [-0.1, -0.05) is 36.8 Å². The van der Waals surface area contributed by atoms with E-state index in [9.17, 15) is 19.8 Å². The molecule has 2 fully saturated rings. The molecule has 0 radical (unpaired) electrons. The van der Waals surface area contributed by atoms with E-state index in [1.165, 1.54) is 24.3 Å². The average molecular weight is 497 g/mol. The van der Waals surface area contributed by atoms with Gasteiger partial charge in [-0.25, -0.2) is 9.97 Å². The number of hydrogen-bond acceptors (Lipinski definition) is 8. The van der Waals surface area contributed by atoms with E-state index < -0.39 is 17.6 Å². The Morgan fingerprint density at radius 1 is 0.972 bits per heavy atom. The highest BCUT2D eigenvalue weighted by atomic mass is 16.5. The van der Waals surface area contributed by atoms with E-state index >= 15 is 0 Å². The lowest BCUT2D eigenvalue weighted by Gasteiger charge is -2.40. The maximum Gasteiger partial charge on any atom is 0.312 e. The van der Waals surface area contributed by atoms with Crippen LogP contribution in [0.5, 0.6) is 0 Å². The number of hydrogen-bond donors (Lipinski definition) is 2. The predicted molar refractivity (Wildman–Crippen MR) is 133 cm³/mol. The molecule has 2 saturated heterocycles. The van der Waals surface area contributed by atoms with Crippen LogP contribution in [0.2, 0.25) is 0 Å². The van der Waals surface area contributed by atoms with Crippen molar-refractivity contribution >= 4 is 11.9 Å². The molecule has 3 heterocycles. The smallest absolute Gasteiger partial charge is 0.312 e. The van der Waals surface area contributed by atoms with Gasteiger partial charge in [0.05, 0.1) is 17.1 Å². The number of rotatable bonds is 3. The summed E-state index contributed by atoms with van der Waals surface area (Å²) in [5, 5.41) is 20.9. The van der Waals surface area contributed by atoms with E-state index in [0.717, 1.165) is 32.5 Å². The van der Waals surface area contributed by atoms with Crippen molar-refractivity contribution in [3.63, 3.8) is 0 Å². The zero-order valence-electron chi connectivity index (χ0n) is 20.7. The predicted octanol–water partition coefficient (Wildman–Crippen LogP) is 2.04. The second-order valence-electron chi connectivity index (χ2n) is 9.94. The molecule has 9 heteroatoms. The quantitative estimate of drug-likeness (QED) is 0.621. The number of aliphatic hydroxyl groups excluding tert-OH is 2. The molecule has 0 saturated carbocycles. The molecule has 2 N–H and O–H groups in total. The monoisotopic (exact) mass is 496 g/mol. The summed E-state index contributed by atoms with van der Waals surface area (Å²) in [4.78, 5) is 38.2. The lowest BCUT2D eigenvalue weighted by atomic mass is 9.74. The largest absolute Gasteiger partial charge is 0.462 e. The molecular formula is C27H36N4O5. The van der Waals surface area contributed by atoms with Crippen LogP contribution in [-0.4, -0.2) is 86.9 Å². The summed E-state index contributed by atoms with van der Waals surface area (Å²) in [7, 11) is 0. The van der Waals surface area contributed by atoms with Crippen LogP contribution in [0.3, 0.4) is 0 Å². The molecule has 0 bridgehead atoms. The number of aliphatic hydroxyl groups is 2. The Hall–Kier alpha value is -2.88. The minimum absolute atomic E-state index is 0.178. The van der Waals surface area contributed by atoms with Crippen LogP contribution in [0.1, 0.15) is 54.4 Å². The highest BCUT2D eigenvalue weighted by Gasteiger charge is 2.42. The van der Waals surface area contributed by atoms with Gasteiger partial charge in [-0.2, -0.15) is 0 Å². The number of carbonyl (C=O) groups is 2. The molecule has 2 aliphatic rings. The van der Waals surface area contributed by atoms with Crippen molar-refractivity contribution < 1.29 is 24.5 Å². The Kier molecular flexibility index (Phi) is 9.01. The highest BCUT2D eigenvalue weighted by molar-refractivity contribution is 5.93. The molecule has 1 amide bonds. The zero-order valence-corrected chi connectivity index (χ0v) is 20.7. The third-order valence-electron chi connectivity index (χ3n) is 7.45. The number of esters is 1. The number of amides is 1. The van der Waals surface area contributed by atoms with Crippen molar-refractivity contribution in [3.05, 3.63) is 60.2 Å². The lowest BCUT2D eigenvalue weighted by Crippen LogP contribution is -2.45. The van der Waals surface area contributed by atoms with Gasteiger partial charge in [-0.3, -0.25) is 14.5 Å². The maximum atomic E-state index is 13.3. The number of carbonyl (C=O) groups excluding carboxylic acids is 2. The van der Waals surface area contributed by atoms with Crippen LogP contribution in [-0.2, 0) is 16.1 Å². The van der Waals surface area contributed by atoms with Gasteiger partial charge in [0, 0.05) is 32.0 Å². The number of nitrogens with zero attached hydrogens (tertiary/aromatic N) is 4. The molecule has 4 rings (SSSR count). The SMILES string of the molecule is O=C(c1cncnc1)N1CCCCC2(CCN(Cc3ccccc3)CC2)C(=O)OC[C@@H](O)[C@@H](O)CC1. The number of likely N-dealkylation sites (tertiary alicyclic amines) is 1. The van der Waals surface area contributed by atoms with Gasteiger partial charge in [0.2, 0.25) is 0 Å². The Bertz CT molecular complexity index is 982. The Labute approximate surface area is 212 Å². The second-order valence-corrected chi connectivity index (χ2v) is 9.94. The fraction of sp³-hybridized carbons (Fsp3) is 0.556. The summed E-state index contributed by atoms with van der Waals surface area (Å²) in [5.74, 6) is -0.495. The first-order chi connectivity index (χ1) is 17.5. The fourth-order valence-corrected chi connectivity index (χ4v) is 5.12. The summed E-state index contributed by atoms with van der Waals surface area (Å²) in [6.07, 6.45) is 5.72. The van der Waals surface area contributed by atoms with E-state index in [1.807, 2.05) is 18.2 Å². The number of ether oxygens (including phenoxy) is 1. The van der Waals surface area contributed by atoms with E-state index in [-0.39, 0.29) is 31.4 Å². The normalized spacial score (nSPS) is 24.3. The molecule has 1 aromatic carbocycles. The maximum absolute atomic E-state index is 13.3. The summed E-state index contributed by atoms with van der Waals surface area (Å²) >= 11 is 0. The molecule has 0 unspecified atom stereocenters. The van der Waals surface area contributed by atoms with Crippen molar-refractivity contribution in [3.8, 4) is 0 Å². The first-order valence-corrected chi connectivity index (χ1v) is 12.8. The summed E-state index contributed by atoms with van der Waals surface area (Å²) in [5.41, 5.74) is 1.02. The average Bonchev–Trinajstić information content (AvgIpc) is 2.92. The zero-order chi connectivity index (χ0) is 25.4. The molecule has 2 aliphatic heterocycles. The van der Waals surface area contributed by atoms with Crippen molar-refractivity contribution in [2.75, 3.05) is 32.8 Å². The number of piperidine rings is 1. The van der Waals surface area contributed by atoms with Crippen LogP contribution >= 0.6 is 0 Å². The van der Waals surface area contributed by atoms with E-state index in [2.05, 4.69) is 27.0 Å². The summed E-state index contributed by atoms with van der Waals surface area (Å²) < 4.78 is 5.56. The van der Waals surface area contributed by atoms with Crippen LogP contribution in [0.25, 0.3) is 0 Å². The third-order valence-corrected chi connectivity index (χ3v) is 7.45. The molecule has 1 spiro atoms. The van der Waals surface area contributed by atoms with Crippen LogP contribution in [0, 0.1) is 5.41 Å². The first kappa shape index (κ1) is 26.2. The molecule has 1 aromatic heterocycles. The van der Waals surface area contributed by atoms with Crippen LogP contribution < -0.4 is 0 Å². The summed E-state index contributed by atoms with van der Waals surface area (Å²) in [6, 6.07) is 10.3. The fourth-order valence-electron chi connectivity index (χ4n) is 5.12. The topological polar surface area (TPSA) is 116 Å². The van der Waals surface area contributed by atoms with Crippen molar-refractivity contribution in [2.45, 2.75) is 57.3 Å². The van der Waals surface area contributed by atoms with Crippen molar-refractivity contribution in [2.24, 2.45) is 5.41 Å². The molecule has 194 valence electrons. The lowest BCUT2D eigenvalue weighted by molar-refractivity contribution is -0.165. The van der Waals surface area contributed by atoms with E-state index in [1.54, 1.807) is 4.90 Å². The molecule has 36 heavy (non-hydrogen) atoms. The molecule has 2 aromatic rings. The standard InChI is InChI=1S/C27H36N4O5/c32-23-8-13-31(25(34)22-16-28-20-29-17-22)12-5-4-9-27(26(35)36-19-24(23)33)10-14-30(15-11-27)18-21-6-2-1-3-7-21/h1-3,6-7,16-17,20,23-24,32-33H,4-5,8-15,18-19H2/t23-,24+/m0/s1. The highest BCUT2D eigenvalue weighted by Crippen LogP contribution is 2.38. The van der Waals surface area contributed by atoms with Crippen molar-refractivity contribution in [1.82, 2.24) is 19.8 Å². The van der Waals surface area contributed by atoms with Gasteiger partial charge in [0.15, 0.2) is 0 Å². The third kappa shape index (κ3) is 6.66. The Morgan fingerprint density at radius 3 is 2.42 bits per heavy atom. The van der Waals surface area contributed by atoms with E-state index in [0.29, 0.717) is 31.4 Å². The van der Waals surface area contributed by atoms with Gasteiger partial charge in [-0.05, 0) is 50.8 Å². The molecular weight excluding hydrogens is 460 g/mol. The number of benzene rings is 1. The summed E-state index contributed by atoms with van der Waals surface area (Å²) in [6.45, 7) is 2.93. The van der Waals surface area contributed by atoms with Gasteiger partial charge >= 0.3 is 5.97 Å². The van der Waals surface area contributed by atoms with Crippen LogP contribution in [0.15, 0.2) is 49.1 Å². The number of cyclic esters (lactones) is 1. The minimum atomic E-state index is -1.21. The van der Waals surface area contributed by atoms with Crippen LogP contribution in [0.4, 0.5) is 0 Å². The van der Waals surface area contributed by atoms with Gasteiger partial charge < -0.3 is 19.8 Å². The molecule has 2 atom stereocenters. The van der Waals surface area contributed by atoms with Gasteiger partial charge in [0.25, 0.3) is 5.91 Å². The Morgan fingerprint density at radius 2 is 1.69 bits per heavy atom. The van der Waals surface area contributed by atoms with E-state index in [4.69, 9.17) is 4.74 Å². The molecule has 0 aliphatic carbocycles. The van der Waals surface area contributed by atoms with Gasteiger partial charge in [0.1, 0.15) is 19.0 Å². The second kappa shape index (κ2) is 12.4. The minimum Gasteiger partial charge on any atom is -0.462 e. The van der Waals surface area contributed by atoms with Gasteiger partial charge in [-0.15, -0.1) is 0 Å². The number of aromatic nitrogens is 2. The van der Waals surface area contributed by atoms with Crippen molar-refractivity contribution in [1.29, 1.82) is 0 Å². The Balaban J connectivity index is 1.43. The first-order valence-electron chi connectivity index (χ1n) is 12.8. The molecule has 9 nitrogen and oxygen atoms in total.